The lowest BCUT2D eigenvalue weighted by Crippen LogP contribution is -2.38. The predicted molar refractivity (Wildman–Crippen MR) is 73.9 cm³/mol. The van der Waals surface area contributed by atoms with Gasteiger partial charge >= 0.3 is 0 Å². The number of nitrogens with zero attached hydrogens (tertiary/aromatic N) is 3. The molecule has 1 atom stereocenters. The first-order chi connectivity index (χ1) is 9.22. The van der Waals surface area contributed by atoms with Crippen molar-refractivity contribution in [3.8, 4) is 0 Å². The van der Waals surface area contributed by atoms with E-state index in [1.165, 1.54) is 0 Å². The third-order valence-corrected chi connectivity index (χ3v) is 3.77. The summed E-state index contributed by atoms with van der Waals surface area (Å²) in [4.78, 5) is 23.6. The minimum absolute atomic E-state index is 0.0777. The summed E-state index contributed by atoms with van der Waals surface area (Å²) in [7, 11) is 0. The fraction of sp³-hybridized carbons (Fsp3) is 0.692. The highest BCUT2D eigenvalue weighted by Crippen LogP contribution is 2.21. The van der Waals surface area contributed by atoms with E-state index in [0.29, 0.717) is 25.1 Å². The Kier molecular flexibility index (Phi) is 3.42. The molecule has 1 unspecified atom stereocenters. The Hall–Kier alpha value is -1.56. The maximum absolute atomic E-state index is 11.8. The fourth-order valence-electron chi connectivity index (χ4n) is 2.66. The van der Waals surface area contributed by atoms with Crippen LogP contribution in [0, 0.1) is 5.92 Å². The van der Waals surface area contributed by atoms with E-state index in [9.17, 15) is 4.79 Å². The Morgan fingerprint density at radius 3 is 2.79 bits per heavy atom. The van der Waals surface area contributed by atoms with E-state index in [0.717, 1.165) is 38.4 Å². The molecule has 0 bridgehead atoms. The number of aromatic amines is 1. The van der Waals surface area contributed by atoms with E-state index < -0.39 is 0 Å². The smallest absolute Gasteiger partial charge is 0.254 e. The molecule has 2 fully saturated rings. The van der Waals surface area contributed by atoms with Crippen LogP contribution in [0.2, 0.25) is 0 Å². The van der Waals surface area contributed by atoms with Gasteiger partial charge in [-0.05, 0) is 12.3 Å². The van der Waals surface area contributed by atoms with Crippen molar-refractivity contribution in [2.45, 2.75) is 13.3 Å². The summed E-state index contributed by atoms with van der Waals surface area (Å²) in [5.41, 5.74) is -0.0777. The van der Waals surface area contributed by atoms with Gasteiger partial charge in [0.15, 0.2) is 0 Å². The monoisotopic (exact) mass is 264 g/mol. The highest BCUT2D eigenvalue weighted by Gasteiger charge is 2.22. The molecular weight excluding hydrogens is 244 g/mol. The third kappa shape index (κ3) is 2.73. The minimum Gasteiger partial charge on any atom is -0.378 e. The molecule has 2 saturated heterocycles. The van der Waals surface area contributed by atoms with Crippen LogP contribution in [0.25, 0.3) is 0 Å². The zero-order valence-electron chi connectivity index (χ0n) is 11.3. The molecule has 6 heteroatoms. The third-order valence-electron chi connectivity index (χ3n) is 3.77. The summed E-state index contributed by atoms with van der Waals surface area (Å²) in [5.74, 6) is 2.14. The van der Waals surface area contributed by atoms with Gasteiger partial charge in [0.05, 0.1) is 13.2 Å². The Morgan fingerprint density at radius 2 is 2.11 bits per heavy atom. The number of hydrogen-bond donors (Lipinski definition) is 1. The molecule has 2 aliphatic heterocycles. The van der Waals surface area contributed by atoms with Gasteiger partial charge in [0.1, 0.15) is 5.82 Å². The largest absolute Gasteiger partial charge is 0.378 e. The van der Waals surface area contributed by atoms with Gasteiger partial charge in [-0.2, -0.15) is 4.98 Å². The topological polar surface area (TPSA) is 61.5 Å². The molecule has 0 aromatic carbocycles. The summed E-state index contributed by atoms with van der Waals surface area (Å²) in [6.45, 7) is 7.16. The van der Waals surface area contributed by atoms with E-state index in [4.69, 9.17) is 4.74 Å². The van der Waals surface area contributed by atoms with Crippen molar-refractivity contribution >= 4 is 11.8 Å². The van der Waals surface area contributed by atoms with E-state index in [1.807, 2.05) is 0 Å². The van der Waals surface area contributed by atoms with Crippen LogP contribution in [0.4, 0.5) is 11.8 Å². The number of morpholine rings is 1. The Morgan fingerprint density at radius 1 is 1.32 bits per heavy atom. The standard InChI is InChI=1S/C13H20N4O2/c1-10-2-3-17(9-10)13-14-11(8-12(18)15-13)16-4-6-19-7-5-16/h8,10H,2-7,9H2,1H3,(H,14,15,18). The highest BCUT2D eigenvalue weighted by atomic mass is 16.5. The van der Waals surface area contributed by atoms with Crippen molar-refractivity contribution in [1.82, 2.24) is 9.97 Å². The lowest BCUT2D eigenvalue weighted by Gasteiger charge is -2.28. The molecule has 0 saturated carbocycles. The Labute approximate surface area is 112 Å². The maximum atomic E-state index is 11.8. The summed E-state index contributed by atoms with van der Waals surface area (Å²) in [6.07, 6.45) is 1.16. The van der Waals surface area contributed by atoms with Gasteiger partial charge < -0.3 is 14.5 Å². The molecule has 1 aromatic rings. The van der Waals surface area contributed by atoms with Gasteiger partial charge in [0.25, 0.3) is 5.56 Å². The molecule has 2 aliphatic rings. The molecule has 0 spiro atoms. The molecule has 0 aliphatic carbocycles. The van der Waals surface area contributed by atoms with Gasteiger partial charge in [-0.15, -0.1) is 0 Å². The van der Waals surface area contributed by atoms with E-state index in [2.05, 4.69) is 26.7 Å². The summed E-state index contributed by atoms with van der Waals surface area (Å²) in [5, 5.41) is 0. The zero-order valence-corrected chi connectivity index (χ0v) is 11.3. The van der Waals surface area contributed by atoms with Gasteiger partial charge in [-0.1, -0.05) is 6.92 Å². The van der Waals surface area contributed by atoms with E-state index in [-0.39, 0.29) is 5.56 Å². The van der Waals surface area contributed by atoms with Gasteiger partial charge in [-0.3, -0.25) is 9.78 Å². The molecule has 3 rings (SSSR count). The number of hydrogen-bond acceptors (Lipinski definition) is 5. The second-order valence-corrected chi connectivity index (χ2v) is 5.37. The quantitative estimate of drug-likeness (QED) is 0.840. The van der Waals surface area contributed by atoms with Crippen LogP contribution in [0.15, 0.2) is 10.9 Å². The van der Waals surface area contributed by atoms with Crippen LogP contribution < -0.4 is 15.4 Å². The van der Waals surface area contributed by atoms with Crippen LogP contribution in [-0.2, 0) is 4.74 Å². The number of ether oxygens (including phenoxy) is 1. The second-order valence-electron chi connectivity index (χ2n) is 5.37. The first-order valence-corrected chi connectivity index (χ1v) is 6.91. The van der Waals surface area contributed by atoms with Crippen molar-refractivity contribution < 1.29 is 4.74 Å². The average Bonchev–Trinajstić information content (AvgIpc) is 2.86. The van der Waals surface area contributed by atoms with Crippen LogP contribution >= 0.6 is 0 Å². The molecule has 1 aromatic heterocycles. The molecule has 0 amide bonds. The SMILES string of the molecule is CC1CCN(c2nc(N3CCOCC3)cc(=O)[nH]2)C1. The predicted octanol–water partition coefficient (Wildman–Crippen LogP) is 0.453. The molecule has 0 radical (unpaired) electrons. The van der Waals surface area contributed by atoms with Crippen molar-refractivity contribution in [2.75, 3.05) is 49.2 Å². The molecule has 19 heavy (non-hydrogen) atoms. The number of H-pyrrole nitrogens is 1. The van der Waals surface area contributed by atoms with Gasteiger partial charge in [-0.25, -0.2) is 0 Å². The van der Waals surface area contributed by atoms with Gasteiger partial charge in [0.2, 0.25) is 5.95 Å². The first-order valence-electron chi connectivity index (χ1n) is 6.91. The van der Waals surface area contributed by atoms with Crippen LogP contribution in [0.3, 0.4) is 0 Å². The van der Waals surface area contributed by atoms with E-state index in [1.54, 1.807) is 6.07 Å². The van der Waals surface area contributed by atoms with Crippen molar-refractivity contribution in [1.29, 1.82) is 0 Å². The lowest BCUT2D eigenvalue weighted by atomic mass is 10.2. The fourth-order valence-corrected chi connectivity index (χ4v) is 2.66. The number of nitrogens with one attached hydrogen (secondary N) is 1. The number of aromatic nitrogens is 2. The lowest BCUT2D eigenvalue weighted by molar-refractivity contribution is 0.122. The van der Waals surface area contributed by atoms with Crippen molar-refractivity contribution in [2.24, 2.45) is 5.92 Å². The Balaban J connectivity index is 1.85. The summed E-state index contributed by atoms with van der Waals surface area (Å²) >= 11 is 0. The first kappa shape index (κ1) is 12.5. The number of anilines is 2. The number of rotatable bonds is 2. The Bertz CT molecular complexity index is 470. The summed E-state index contributed by atoms with van der Waals surface area (Å²) < 4.78 is 5.33. The second kappa shape index (κ2) is 5.21. The highest BCUT2D eigenvalue weighted by molar-refractivity contribution is 5.44. The normalized spacial score (nSPS) is 23.9. The molecule has 6 nitrogen and oxygen atoms in total. The molecule has 3 heterocycles. The average molecular weight is 264 g/mol. The molecule has 1 N–H and O–H groups in total. The summed E-state index contributed by atoms with van der Waals surface area (Å²) in [6, 6.07) is 1.58. The maximum Gasteiger partial charge on any atom is 0.254 e. The van der Waals surface area contributed by atoms with Crippen molar-refractivity contribution in [3.63, 3.8) is 0 Å². The van der Waals surface area contributed by atoms with Crippen LogP contribution in [-0.4, -0.2) is 49.4 Å². The van der Waals surface area contributed by atoms with Crippen molar-refractivity contribution in [3.05, 3.63) is 16.4 Å². The zero-order chi connectivity index (χ0) is 13.2. The molecular formula is C13H20N4O2. The molecule has 104 valence electrons. The van der Waals surface area contributed by atoms with E-state index >= 15 is 0 Å². The van der Waals surface area contributed by atoms with Gasteiger partial charge in [0, 0.05) is 32.2 Å². The van der Waals surface area contributed by atoms with Crippen LogP contribution in [0.1, 0.15) is 13.3 Å². The van der Waals surface area contributed by atoms with Crippen LogP contribution in [0.5, 0.6) is 0 Å². The minimum atomic E-state index is -0.0777.